The molecular weight excluding hydrogens is 252 g/mol. The van der Waals surface area contributed by atoms with Crippen LogP contribution in [0.5, 0.6) is 0 Å². The molecule has 0 aromatic carbocycles. The maximum atomic E-state index is 11.2. The Morgan fingerprint density at radius 1 is 1.35 bits per heavy atom. The van der Waals surface area contributed by atoms with Gasteiger partial charge in [0.2, 0.25) is 0 Å². The van der Waals surface area contributed by atoms with Crippen LogP contribution in [0, 0.1) is 6.92 Å². The molecule has 0 amide bonds. The monoisotopic (exact) mass is 276 g/mol. The Morgan fingerprint density at radius 3 is 2.65 bits per heavy atom. The quantitative estimate of drug-likeness (QED) is 0.898. The first-order valence-corrected chi connectivity index (χ1v) is 7.37. The van der Waals surface area contributed by atoms with Crippen LogP contribution in [0.4, 0.5) is 0 Å². The lowest BCUT2D eigenvalue weighted by Crippen LogP contribution is -2.49. The summed E-state index contributed by atoms with van der Waals surface area (Å²) in [6.07, 6.45) is 5.65. The van der Waals surface area contributed by atoms with E-state index in [-0.39, 0.29) is 12.0 Å². The molecule has 110 valence electrons. The highest BCUT2D eigenvalue weighted by Crippen LogP contribution is 2.36. The van der Waals surface area contributed by atoms with Gasteiger partial charge in [0.05, 0.1) is 12.1 Å². The molecule has 4 heteroatoms. The maximum absolute atomic E-state index is 11.2. The van der Waals surface area contributed by atoms with Crippen molar-refractivity contribution < 1.29 is 9.90 Å². The van der Waals surface area contributed by atoms with Gasteiger partial charge in [-0.1, -0.05) is 25.3 Å². The molecule has 1 aliphatic carbocycles. The van der Waals surface area contributed by atoms with E-state index in [0.29, 0.717) is 0 Å². The van der Waals surface area contributed by atoms with Crippen molar-refractivity contribution >= 4 is 5.97 Å². The summed E-state index contributed by atoms with van der Waals surface area (Å²) < 4.78 is 0. The Labute approximate surface area is 120 Å². The summed E-state index contributed by atoms with van der Waals surface area (Å²) in [4.78, 5) is 18.0. The van der Waals surface area contributed by atoms with Crippen LogP contribution in [0.1, 0.15) is 49.9 Å². The number of aryl methyl sites for hydroxylation is 1. The number of aromatic nitrogens is 1. The minimum atomic E-state index is -0.698. The Morgan fingerprint density at radius 2 is 2.05 bits per heavy atom. The predicted octanol–water partition coefficient (Wildman–Crippen LogP) is 3.00. The van der Waals surface area contributed by atoms with E-state index < -0.39 is 5.97 Å². The highest BCUT2D eigenvalue weighted by Gasteiger charge is 2.38. The zero-order valence-electron chi connectivity index (χ0n) is 12.4. The van der Waals surface area contributed by atoms with Gasteiger partial charge in [-0.3, -0.25) is 14.7 Å². The first-order chi connectivity index (χ1) is 9.52. The zero-order chi connectivity index (χ0) is 14.6. The van der Waals surface area contributed by atoms with Gasteiger partial charge in [-0.25, -0.2) is 0 Å². The van der Waals surface area contributed by atoms with Crippen LogP contribution in [0.25, 0.3) is 0 Å². The fourth-order valence-electron chi connectivity index (χ4n) is 3.28. The number of hydrogen-bond donors (Lipinski definition) is 1. The summed E-state index contributed by atoms with van der Waals surface area (Å²) in [5.74, 6) is -0.698. The van der Waals surface area contributed by atoms with Crippen molar-refractivity contribution in [3.8, 4) is 0 Å². The molecule has 0 saturated heterocycles. The second-order valence-electron chi connectivity index (χ2n) is 5.98. The summed E-state index contributed by atoms with van der Waals surface area (Å²) in [5, 5.41) is 9.25. The number of rotatable bonds is 5. The Bertz CT molecular complexity index is 467. The predicted molar refractivity (Wildman–Crippen MR) is 78.5 cm³/mol. The van der Waals surface area contributed by atoms with Crippen LogP contribution in [0.2, 0.25) is 0 Å². The number of nitrogens with zero attached hydrogens (tertiary/aromatic N) is 2. The van der Waals surface area contributed by atoms with Gasteiger partial charge in [0, 0.05) is 17.8 Å². The first-order valence-electron chi connectivity index (χ1n) is 7.37. The van der Waals surface area contributed by atoms with E-state index in [1.165, 1.54) is 6.42 Å². The Kier molecular flexibility index (Phi) is 4.76. The maximum Gasteiger partial charge on any atom is 0.305 e. The molecule has 0 unspecified atom stereocenters. The fourth-order valence-corrected chi connectivity index (χ4v) is 3.28. The summed E-state index contributed by atoms with van der Waals surface area (Å²) >= 11 is 0. The summed E-state index contributed by atoms with van der Waals surface area (Å²) in [6.45, 7) is 2.70. The van der Waals surface area contributed by atoms with Gasteiger partial charge in [-0.05, 0) is 38.9 Å². The van der Waals surface area contributed by atoms with E-state index in [0.717, 1.165) is 43.6 Å². The molecule has 1 fully saturated rings. The summed E-state index contributed by atoms with van der Waals surface area (Å²) in [5.41, 5.74) is 1.82. The SMILES string of the molecule is Cc1cccc(CN(C)C2(CC(=O)O)CCCCC2)n1. The second kappa shape index (κ2) is 6.35. The average molecular weight is 276 g/mol. The third-order valence-electron chi connectivity index (χ3n) is 4.42. The Hall–Kier alpha value is -1.42. The molecule has 1 heterocycles. The standard InChI is InChI=1S/C16H24N2O2/c1-13-7-6-8-14(17-13)12-18(2)16(11-15(19)20)9-4-3-5-10-16/h6-8H,3-5,9-12H2,1-2H3,(H,19,20). The third kappa shape index (κ3) is 3.57. The lowest BCUT2D eigenvalue weighted by atomic mass is 9.78. The highest BCUT2D eigenvalue weighted by atomic mass is 16.4. The van der Waals surface area contributed by atoms with Gasteiger partial charge in [-0.2, -0.15) is 0 Å². The van der Waals surface area contributed by atoms with Crippen molar-refractivity contribution in [1.29, 1.82) is 0 Å². The van der Waals surface area contributed by atoms with E-state index >= 15 is 0 Å². The molecule has 1 aromatic heterocycles. The van der Waals surface area contributed by atoms with E-state index in [9.17, 15) is 9.90 Å². The van der Waals surface area contributed by atoms with Crippen molar-refractivity contribution in [2.75, 3.05) is 7.05 Å². The number of hydrogen-bond acceptors (Lipinski definition) is 3. The molecule has 4 nitrogen and oxygen atoms in total. The molecule has 20 heavy (non-hydrogen) atoms. The molecular formula is C16H24N2O2. The van der Waals surface area contributed by atoms with E-state index in [1.54, 1.807) is 0 Å². The zero-order valence-corrected chi connectivity index (χ0v) is 12.4. The normalized spacial score (nSPS) is 18.1. The molecule has 0 bridgehead atoms. The second-order valence-corrected chi connectivity index (χ2v) is 5.98. The fraction of sp³-hybridized carbons (Fsp3) is 0.625. The minimum absolute atomic E-state index is 0.199. The first kappa shape index (κ1) is 15.0. The van der Waals surface area contributed by atoms with Gasteiger partial charge in [0.1, 0.15) is 0 Å². The van der Waals surface area contributed by atoms with Gasteiger partial charge in [0.15, 0.2) is 0 Å². The van der Waals surface area contributed by atoms with E-state index in [4.69, 9.17) is 0 Å². The molecule has 0 radical (unpaired) electrons. The number of carboxylic acid groups (broad SMARTS) is 1. The van der Waals surface area contributed by atoms with Crippen LogP contribution in [0.15, 0.2) is 18.2 Å². The molecule has 0 aliphatic heterocycles. The summed E-state index contributed by atoms with van der Waals surface area (Å²) in [6, 6.07) is 6.01. The highest BCUT2D eigenvalue weighted by molar-refractivity contribution is 5.68. The van der Waals surface area contributed by atoms with Crippen molar-refractivity contribution in [2.45, 2.75) is 57.5 Å². The number of carboxylic acids is 1. The van der Waals surface area contributed by atoms with Crippen LogP contribution >= 0.6 is 0 Å². The van der Waals surface area contributed by atoms with Crippen LogP contribution in [-0.2, 0) is 11.3 Å². The number of pyridine rings is 1. The summed E-state index contributed by atoms with van der Waals surface area (Å²) in [7, 11) is 2.04. The molecule has 0 atom stereocenters. The molecule has 0 spiro atoms. The molecule has 1 aliphatic rings. The van der Waals surface area contributed by atoms with Crippen molar-refractivity contribution in [3.63, 3.8) is 0 Å². The van der Waals surface area contributed by atoms with Gasteiger partial charge in [-0.15, -0.1) is 0 Å². The third-order valence-corrected chi connectivity index (χ3v) is 4.42. The van der Waals surface area contributed by atoms with Crippen LogP contribution in [0.3, 0.4) is 0 Å². The minimum Gasteiger partial charge on any atom is -0.481 e. The topological polar surface area (TPSA) is 53.4 Å². The lowest BCUT2D eigenvalue weighted by Gasteiger charge is -2.43. The molecule has 1 aromatic rings. The lowest BCUT2D eigenvalue weighted by molar-refractivity contribution is -0.141. The van der Waals surface area contributed by atoms with Gasteiger partial charge < -0.3 is 5.11 Å². The molecule has 2 rings (SSSR count). The van der Waals surface area contributed by atoms with Crippen LogP contribution in [-0.4, -0.2) is 33.5 Å². The van der Waals surface area contributed by atoms with Gasteiger partial charge >= 0.3 is 5.97 Å². The van der Waals surface area contributed by atoms with Crippen molar-refractivity contribution in [2.24, 2.45) is 0 Å². The van der Waals surface area contributed by atoms with Crippen LogP contribution < -0.4 is 0 Å². The number of aliphatic carboxylic acids is 1. The number of carbonyl (C=O) groups is 1. The van der Waals surface area contributed by atoms with Gasteiger partial charge in [0.25, 0.3) is 0 Å². The average Bonchev–Trinajstić information content (AvgIpc) is 2.39. The largest absolute Gasteiger partial charge is 0.481 e. The van der Waals surface area contributed by atoms with E-state index in [2.05, 4.69) is 9.88 Å². The molecule has 1 saturated carbocycles. The van der Waals surface area contributed by atoms with Crippen molar-refractivity contribution in [3.05, 3.63) is 29.6 Å². The molecule has 1 N–H and O–H groups in total. The van der Waals surface area contributed by atoms with E-state index in [1.807, 2.05) is 32.2 Å². The van der Waals surface area contributed by atoms with Crippen molar-refractivity contribution in [1.82, 2.24) is 9.88 Å². The smallest absolute Gasteiger partial charge is 0.305 e. The Balaban J connectivity index is 2.13.